The maximum atomic E-state index is 12.7. The Labute approximate surface area is 151 Å². The first-order valence-corrected chi connectivity index (χ1v) is 8.72. The highest BCUT2D eigenvalue weighted by Gasteiger charge is 2.27. The fraction of sp³-hybridized carbons (Fsp3) is 0.286. The third-order valence-electron chi connectivity index (χ3n) is 4.88. The lowest BCUT2D eigenvalue weighted by Gasteiger charge is -2.31. The number of carbonyl (C=O) groups excluding carboxylic acids is 1. The van der Waals surface area contributed by atoms with Crippen molar-refractivity contribution in [2.75, 3.05) is 20.3 Å². The molecule has 0 aliphatic carbocycles. The average molecular weight is 351 g/mol. The predicted octanol–water partition coefficient (Wildman–Crippen LogP) is 3.63. The molecule has 1 aliphatic heterocycles. The van der Waals surface area contributed by atoms with Gasteiger partial charge in [0, 0.05) is 24.8 Å². The Morgan fingerprint density at radius 2 is 1.96 bits per heavy atom. The van der Waals surface area contributed by atoms with Gasteiger partial charge in [-0.05, 0) is 47.0 Å². The molecule has 0 saturated carbocycles. The number of benzene rings is 2. The number of rotatable bonds is 4. The van der Waals surface area contributed by atoms with Crippen LogP contribution in [0, 0.1) is 0 Å². The first-order valence-electron chi connectivity index (χ1n) is 8.72. The summed E-state index contributed by atoms with van der Waals surface area (Å²) < 4.78 is 16.0. The lowest BCUT2D eigenvalue weighted by Crippen LogP contribution is -2.49. The topological polar surface area (TPSA) is 60.7 Å². The van der Waals surface area contributed by atoms with E-state index in [9.17, 15) is 4.79 Å². The monoisotopic (exact) mass is 351 g/mol. The summed E-state index contributed by atoms with van der Waals surface area (Å²) in [7, 11) is 1.64. The van der Waals surface area contributed by atoms with Crippen LogP contribution in [0.5, 0.6) is 0 Å². The molecule has 1 aromatic heterocycles. The van der Waals surface area contributed by atoms with Crippen molar-refractivity contribution in [2.45, 2.75) is 18.6 Å². The lowest BCUT2D eigenvalue weighted by atomic mass is 10.0. The van der Waals surface area contributed by atoms with E-state index >= 15 is 0 Å². The minimum atomic E-state index is -0.106. The van der Waals surface area contributed by atoms with Crippen LogP contribution in [0.4, 0.5) is 0 Å². The van der Waals surface area contributed by atoms with Gasteiger partial charge in [0.15, 0.2) is 0 Å². The zero-order valence-corrected chi connectivity index (χ0v) is 14.6. The van der Waals surface area contributed by atoms with Gasteiger partial charge in [0.2, 0.25) is 0 Å². The van der Waals surface area contributed by atoms with Crippen molar-refractivity contribution in [3.8, 4) is 11.1 Å². The van der Waals surface area contributed by atoms with E-state index < -0.39 is 0 Å². The van der Waals surface area contributed by atoms with Crippen molar-refractivity contribution in [3.63, 3.8) is 0 Å². The molecule has 4 rings (SSSR count). The molecule has 1 fully saturated rings. The molecule has 134 valence electrons. The van der Waals surface area contributed by atoms with Crippen LogP contribution in [0.25, 0.3) is 21.9 Å². The first-order chi connectivity index (χ1) is 12.7. The summed E-state index contributed by atoms with van der Waals surface area (Å²) in [5, 5.41) is 5.19. The van der Waals surface area contributed by atoms with Gasteiger partial charge < -0.3 is 19.2 Å². The Morgan fingerprint density at radius 3 is 2.77 bits per heavy atom. The summed E-state index contributed by atoms with van der Waals surface area (Å²) in [5.74, 6) is -0.0836. The van der Waals surface area contributed by atoms with Crippen LogP contribution in [0.2, 0.25) is 0 Å². The Kier molecular flexibility index (Phi) is 4.73. The number of carbonyl (C=O) groups is 1. The number of furan rings is 1. The molecule has 2 aromatic carbocycles. The molecule has 1 saturated heterocycles. The van der Waals surface area contributed by atoms with Crippen LogP contribution >= 0.6 is 0 Å². The standard InChI is InChI=1S/C21H21NO4/c1-24-20-13-26-9-7-19(20)22-21(23)17-5-4-14-10-16(3-2-15(14)11-17)18-6-8-25-12-18/h2-6,8,10-12,19-20H,7,9,13H2,1H3,(H,22,23)/t19-,20-/m0/s1. The van der Waals surface area contributed by atoms with Crippen LogP contribution < -0.4 is 5.32 Å². The van der Waals surface area contributed by atoms with Crippen molar-refractivity contribution in [1.29, 1.82) is 0 Å². The van der Waals surface area contributed by atoms with Crippen LogP contribution in [0.1, 0.15) is 16.8 Å². The summed E-state index contributed by atoms with van der Waals surface area (Å²) in [6.45, 7) is 1.15. The highest BCUT2D eigenvalue weighted by Crippen LogP contribution is 2.25. The second-order valence-electron chi connectivity index (χ2n) is 6.51. The van der Waals surface area contributed by atoms with Gasteiger partial charge >= 0.3 is 0 Å². The molecule has 1 amide bonds. The SMILES string of the molecule is CO[C@H]1COCC[C@@H]1NC(=O)c1ccc2cc(-c3ccoc3)ccc2c1. The molecule has 0 unspecified atom stereocenters. The minimum absolute atomic E-state index is 0.0274. The lowest BCUT2D eigenvalue weighted by molar-refractivity contribution is -0.0479. The average Bonchev–Trinajstić information content (AvgIpc) is 3.22. The Bertz CT molecular complexity index is 904. The van der Waals surface area contributed by atoms with Gasteiger partial charge in [0.05, 0.1) is 25.2 Å². The van der Waals surface area contributed by atoms with E-state index in [4.69, 9.17) is 13.9 Å². The maximum absolute atomic E-state index is 12.7. The second-order valence-corrected chi connectivity index (χ2v) is 6.51. The Hall–Kier alpha value is -2.63. The first kappa shape index (κ1) is 16.8. The number of nitrogens with one attached hydrogen (secondary N) is 1. The number of fused-ring (bicyclic) bond motifs is 1. The molecule has 26 heavy (non-hydrogen) atoms. The molecule has 3 aromatic rings. The Morgan fingerprint density at radius 1 is 1.12 bits per heavy atom. The van der Waals surface area contributed by atoms with Gasteiger partial charge in [-0.2, -0.15) is 0 Å². The third kappa shape index (κ3) is 3.36. The number of hydrogen-bond acceptors (Lipinski definition) is 4. The van der Waals surface area contributed by atoms with E-state index in [1.807, 2.05) is 36.4 Å². The third-order valence-corrected chi connectivity index (χ3v) is 4.88. The number of amides is 1. The molecular weight excluding hydrogens is 330 g/mol. The van der Waals surface area contributed by atoms with Gasteiger partial charge in [0.25, 0.3) is 5.91 Å². The summed E-state index contributed by atoms with van der Waals surface area (Å²) in [4.78, 5) is 12.7. The summed E-state index contributed by atoms with van der Waals surface area (Å²) >= 11 is 0. The van der Waals surface area contributed by atoms with Crippen molar-refractivity contribution in [2.24, 2.45) is 0 Å². The highest BCUT2D eigenvalue weighted by atomic mass is 16.5. The van der Waals surface area contributed by atoms with E-state index in [0.717, 1.165) is 28.3 Å². The fourth-order valence-corrected chi connectivity index (χ4v) is 3.36. The van der Waals surface area contributed by atoms with Gasteiger partial charge in [0.1, 0.15) is 6.10 Å². The van der Waals surface area contributed by atoms with Gasteiger partial charge in [-0.3, -0.25) is 4.79 Å². The Balaban J connectivity index is 1.55. The normalized spacial score (nSPS) is 20.2. The smallest absolute Gasteiger partial charge is 0.251 e. The van der Waals surface area contributed by atoms with Crippen molar-refractivity contribution >= 4 is 16.7 Å². The molecule has 0 radical (unpaired) electrons. The van der Waals surface area contributed by atoms with Crippen LogP contribution in [-0.4, -0.2) is 38.4 Å². The molecule has 0 spiro atoms. The van der Waals surface area contributed by atoms with Gasteiger partial charge in [-0.25, -0.2) is 0 Å². The molecule has 1 aliphatic rings. The summed E-state index contributed by atoms with van der Waals surface area (Å²) in [6, 6.07) is 13.8. The molecule has 2 heterocycles. The number of ether oxygens (including phenoxy) is 2. The minimum Gasteiger partial charge on any atom is -0.472 e. The largest absolute Gasteiger partial charge is 0.472 e. The van der Waals surface area contributed by atoms with E-state index in [1.54, 1.807) is 19.6 Å². The van der Waals surface area contributed by atoms with E-state index in [-0.39, 0.29) is 18.1 Å². The van der Waals surface area contributed by atoms with Crippen molar-refractivity contribution < 1.29 is 18.7 Å². The van der Waals surface area contributed by atoms with Crippen molar-refractivity contribution in [1.82, 2.24) is 5.32 Å². The molecule has 5 heteroatoms. The summed E-state index contributed by atoms with van der Waals surface area (Å²) in [6.07, 6.45) is 4.04. The zero-order valence-electron chi connectivity index (χ0n) is 14.6. The van der Waals surface area contributed by atoms with Gasteiger partial charge in [-0.15, -0.1) is 0 Å². The summed E-state index contributed by atoms with van der Waals surface area (Å²) in [5.41, 5.74) is 2.78. The second kappa shape index (κ2) is 7.32. The molecule has 2 atom stereocenters. The maximum Gasteiger partial charge on any atom is 0.251 e. The van der Waals surface area contributed by atoms with Gasteiger partial charge in [-0.1, -0.05) is 18.2 Å². The van der Waals surface area contributed by atoms with Crippen LogP contribution in [0.15, 0.2) is 59.4 Å². The highest BCUT2D eigenvalue weighted by molar-refractivity contribution is 5.99. The number of methoxy groups -OCH3 is 1. The van der Waals surface area contributed by atoms with E-state index in [1.165, 1.54) is 0 Å². The molecular formula is C21H21NO4. The van der Waals surface area contributed by atoms with E-state index in [2.05, 4.69) is 11.4 Å². The molecule has 5 nitrogen and oxygen atoms in total. The van der Waals surface area contributed by atoms with E-state index in [0.29, 0.717) is 18.8 Å². The zero-order chi connectivity index (χ0) is 17.9. The molecule has 0 bridgehead atoms. The predicted molar refractivity (Wildman–Crippen MR) is 99.1 cm³/mol. The van der Waals surface area contributed by atoms with Crippen molar-refractivity contribution in [3.05, 3.63) is 60.6 Å². The van der Waals surface area contributed by atoms with Crippen LogP contribution in [-0.2, 0) is 9.47 Å². The quantitative estimate of drug-likeness (QED) is 0.780. The number of hydrogen-bond donors (Lipinski definition) is 1. The fourth-order valence-electron chi connectivity index (χ4n) is 3.36. The van der Waals surface area contributed by atoms with Crippen LogP contribution in [0.3, 0.4) is 0 Å². The molecule has 1 N–H and O–H groups in total.